The van der Waals surface area contributed by atoms with Crippen LogP contribution in [0.25, 0.3) is 0 Å². The van der Waals surface area contributed by atoms with Gasteiger partial charge < -0.3 is 4.90 Å². The second-order valence-corrected chi connectivity index (χ2v) is 8.07. The third kappa shape index (κ3) is 2.52. The molecule has 23 heavy (non-hydrogen) atoms. The number of nitrogens with zero attached hydrogens (tertiary/aromatic N) is 2. The minimum atomic E-state index is -3.93. The molecule has 0 spiro atoms. The van der Waals surface area contributed by atoms with Gasteiger partial charge in [0.25, 0.3) is 15.9 Å². The summed E-state index contributed by atoms with van der Waals surface area (Å²) in [4.78, 5) is 26.7. The first kappa shape index (κ1) is 16.0. The SMILES string of the molecule is C[C@@H]1CCC[C@@H](C)N1C(=O)CN1C(=O)c2ccccc2S1(=O)=O. The van der Waals surface area contributed by atoms with E-state index in [-0.39, 0.29) is 28.4 Å². The van der Waals surface area contributed by atoms with E-state index in [1.807, 2.05) is 13.8 Å². The molecule has 2 aliphatic rings. The van der Waals surface area contributed by atoms with Crippen molar-refractivity contribution >= 4 is 21.8 Å². The molecule has 1 aromatic rings. The molecule has 2 aliphatic heterocycles. The third-order valence-electron chi connectivity index (χ3n) is 4.67. The number of hydrogen-bond acceptors (Lipinski definition) is 4. The Bertz CT molecular complexity index is 749. The molecule has 0 aromatic heterocycles. The van der Waals surface area contributed by atoms with Crippen molar-refractivity contribution in [2.45, 2.75) is 50.1 Å². The Balaban J connectivity index is 1.86. The first-order valence-electron chi connectivity index (χ1n) is 7.81. The Morgan fingerprint density at radius 2 is 1.78 bits per heavy atom. The lowest BCUT2D eigenvalue weighted by Crippen LogP contribution is -2.51. The van der Waals surface area contributed by atoms with Gasteiger partial charge in [-0.25, -0.2) is 12.7 Å². The molecule has 1 saturated heterocycles. The summed E-state index contributed by atoms with van der Waals surface area (Å²) in [5.74, 6) is -0.930. The standard InChI is InChI=1S/C16H20N2O4S/c1-11-6-5-7-12(2)18(11)15(19)10-17-16(20)13-8-3-4-9-14(13)23(17,21)22/h3-4,8-9,11-12H,5-7,10H2,1-2H3/t11-,12-/m1/s1. The summed E-state index contributed by atoms with van der Waals surface area (Å²) >= 11 is 0. The highest BCUT2D eigenvalue weighted by Crippen LogP contribution is 2.30. The molecule has 6 nitrogen and oxygen atoms in total. The molecule has 3 rings (SSSR count). The van der Waals surface area contributed by atoms with E-state index in [0.717, 1.165) is 19.3 Å². The van der Waals surface area contributed by atoms with Gasteiger partial charge in [0.1, 0.15) is 11.4 Å². The Morgan fingerprint density at radius 1 is 1.17 bits per heavy atom. The van der Waals surface area contributed by atoms with Gasteiger partial charge in [0.15, 0.2) is 0 Å². The molecular formula is C16H20N2O4S. The van der Waals surface area contributed by atoms with E-state index in [1.165, 1.54) is 12.1 Å². The molecule has 0 unspecified atom stereocenters. The van der Waals surface area contributed by atoms with Crippen LogP contribution in [-0.4, -0.2) is 48.1 Å². The van der Waals surface area contributed by atoms with Gasteiger partial charge in [0, 0.05) is 12.1 Å². The van der Waals surface area contributed by atoms with Crippen LogP contribution >= 0.6 is 0 Å². The Kier molecular flexibility index (Phi) is 3.91. The maximum Gasteiger partial charge on any atom is 0.269 e. The summed E-state index contributed by atoms with van der Waals surface area (Å²) in [5.41, 5.74) is 0.139. The highest BCUT2D eigenvalue weighted by molar-refractivity contribution is 7.90. The molecule has 2 amide bonds. The van der Waals surface area contributed by atoms with E-state index < -0.39 is 22.5 Å². The van der Waals surface area contributed by atoms with Gasteiger partial charge in [-0.1, -0.05) is 12.1 Å². The molecule has 0 radical (unpaired) electrons. The van der Waals surface area contributed by atoms with Crippen molar-refractivity contribution in [1.82, 2.24) is 9.21 Å². The Hall–Kier alpha value is -1.89. The predicted octanol–water partition coefficient (Wildman–Crippen LogP) is 1.62. The molecule has 124 valence electrons. The van der Waals surface area contributed by atoms with Crippen LogP contribution in [0.4, 0.5) is 0 Å². The summed E-state index contributed by atoms with van der Waals surface area (Å²) in [5, 5.41) is 0. The van der Waals surface area contributed by atoms with Gasteiger partial charge in [0.2, 0.25) is 5.91 Å². The quantitative estimate of drug-likeness (QED) is 0.822. The van der Waals surface area contributed by atoms with Crippen molar-refractivity contribution in [2.24, 2.45) is 0 Å². The summed E-state index contributed by atoms with van der Waals surface area (Å²) in [7, 11) is -3.93. The fourth-order valence-corrected chi connectivity index (χ4v) is 5.02. The molecule has 0 aliphatic carbocycles. The number of carbonyl (C=O) groups is 2. The normalized spacial score (nSPS) is 26.3. The number of likely N-dealkylation sites (tertiary alicyclic amines) is 1. The smallest absolute Gasteiger partial charge is 0.269 e. The van der Waals surface area contributed by atoms with Crippen LogP contribution in [0.5, 0.6) is 0 Å². The number of amides is 2. The van der Waals surface area contributed by atoms with E-state index in [2.05, 4.69) is 0 Å². The molecule has 1 aromatic carbocycles. The van der Waals surface area contributed by atoms with Crippen LogP contribution in [0, 0.1) is 0 Å². The van der Waals surface area contributed by atoms with Crippen LogP contribution in [0.15, 0.2) is 29.2 Å². The van der Waals surface area contributed by atoms with E-state index in [0.29, 0.717) is 4.31 Å². The van der Waals surface area contributed by atoms with Crippen molar-refractivity contribution in [3.8, 4) is 0 Å². The summed E-state index contributed by atoms with van der Waals surface area (Å²) < 4.78 is 25.7. The van der Waals surface area contributed by atoms with E-state index in [1.54, 1.807) is 17.0 Å². The second-order valence-electron chi connectivity index (χ2n) is 6.24. The topological polar surface area (TPSA) is 74.8 Å². The van der Waals surface area contributed by atoms with Crippen LogP contribution in [0.3, 0.4) is 0 Å². The molecule has 0 N–H and O–H groups in total. The molecule has 2 atom stereocenters. The zero-order valence-electron chi connectivity index (χ0n) is 13.2. The lowest BCUT2D eigenvalue weighted by Gasteiger charge is -2.39. The number of sulfonamides is 1. The highest BCUT2D eigenvalue weighted by Gasteiger charge is 2.43. The maximum absolute atomic E-state index is 12.6. The fraction of sp³-hybridized carbons (Fsp3) is 0.500. The van der Waals surface area contributed by atoms with Crippen LogP contribution in [-0.2, 0) is 14.8 Å². The minimum absolute atomic E-state index is 0.0162. The van der Waals surface area contributed by atoms with Gasteiger partial charge >= 0.3 is 0 Å². The van der Waals surface area contributed by atoms with E-state index in [4.69, 9.17) is 0 Å². The lowest BCUT2D eigenvalue weighted by molar-refractivity contribution is -0.137. The summed E-state index contributed by atoms with van der Waals surface area (Å²) in [6, 6.07) is 6.20. The second kappa shape index (κ2) is 5.63. The molecule has 2 heterocycles. The van der Waals surface area contributed by atoms with Gasteiger partial charge in [0.05, 0.1) is 5.56 Å². The molecular weight excluding hydrogens is 316 g/mol. The van der Waals surface area contributed by atoms with Crippen molar-refractivity contribution < 1.29 is 18.0 Å². The molecule has 0 bridgehead atoms. The lowest BCUT2D eigenvalue weighted by atomic mass is 9.97. The Labute approximate surface area is 136 Å². The van der Waals surface area contributed by atoms with Gasteiger partial charge in [-0.3, -0.25) is 9.59 Å². The number of rotatable bonds is 2. The average Bonchev–Trinajstić information content (AvgIpc) is 2.69. The predicted molar refractivity (Wildman–Crippen MR) is 84.3 cm³/mol. The third-order valence-corrected chi connectivity index (χ3v) is 6.46. The zero-order chi connectivity index (χ0) is 16.8. The maximum atomic E-state index is 12.6. The first-order chi connectivity index (χ1) is 10.8. The van der Waals surface area contributed by atoms with Crippen molar-refractivity contribution in [2.75, 3.05) is 6.54 Å². The average molecular weight is 336 g/mol. The zero-order valence-corrected chi connectivity index (χ0v) is 14.0. The van der Waals surface area contributed by atoms with E-state index >= 15 is 0 Å². The van der Waals surface area contributed by atoms with E-state index in [9.17, 15) is 18.0 Å². The highest BCUT2D eigenvalue weighted by atomic mass is 32.2. The summed E-state index contributed by atoms with van der Waals surface area (Å²) in [6.07, 6.45) is 2.85. The minimum Gasteiger partial charge on any atom is -0.336 e. The van der Waals surface area contributed by atoms with Crippen LogP contribution in [0.1, 0.15) is 43.5 Å². The molecule has 7 heteroatoms. The van der Waals surface area contributed by atoms with Gasteiger partial charge in [-0.15, -0.1) is 0 Å². The number of hydrogen-bond donors (Lipinski definition) is 0. The fourth-order valence-electron chi connectivity index (χ4n) is 3.50. The molecule has 0 saturated carbocycles. The monoisotopic (exact) mass is 336 g/mol. The van der Waals surface area contributed by atoms with Crippen molar-refractivity contribution in [3.05, 3.63) is 29.8 Å². The number of benzene rings is 1. The Morgan fingerprint density at radius 3 is 2.39 bits per heavy atom. The van der Waals surface area contributed by atoms with Crippen molar-refractivity contribution in [3.63, 3.8) is 0 Å². The first-order valence-corrected chi connectivity index (χ1v) is 9.25. The summed E-state index contributed by atoms with van der Waals surface area (Å²) in [6.45, 7) is 3.50. The van der Waals surface area contributed by atoms with Crippen molar-refractivity contribution in [1.29, 1.82) is 0 Å². The molecule has 1 fully saturated rings. The number of piperidine rings is 1. The largest absolute Gasteiger partial charge is 0.336 e. The van der Waals surface area contributed by atoms with Gasteiger partial charge in [-0.2, -0.15) is 0 Å². The number of carbonyl (C=O) groups excluding carboxylic acids is 2. The van der Waals surface area contributed by atoms with Crippen LogP contribution < -0.4 is 0 Å². The van der Waals surface area contributed by atoms with Crippen LogP contribution in [0.2, 0.25) is 0 Å². The number of fused-ring (bicyclic) bond motifs is 1. The van der Waals surface area contributed by atoms with Gasteiger partial charge in [-0.05, 0) is 45.2 Å².